The van der Waals surface area contributed by atoms with Crippen molar-refractivity contribution in [2.75, 3.05) is 45.2 Å². The van der Waals surface area contributed by atoms with Crippen molar-refractivity contribution in [3.8, 4) is 0 Å². The molecular weight excluding hydrogens is 497 g/mol. The summed E-state index contributed by atoms with van der Waals surface area (Å²) in [7, 11) is -3.36. The molecule has 6 heteroatoms. The zero-order chi connectivity index (χ0) is 28.8. The minimum Gasteiger partial charge on any atom is -0.325 e. The predicted molar refractivity (Wildman–Crippen MR) is 166 cm³/mol. The predicted octanol–water partition coefficient (Wildman–Crippen LogP) is 10.0. The van der Waals surface area contributed by atoms with Crippen molar-refractivity contribution in [3.05, 3.63) is 0 Å². The van der Waals surface area contributed by atoms with Crippen LogP contribution < -0.4 is 0 Å². The van der Waals surface area contributed by atoms with E-state index in [1.807, 2.05) is 0 Å². The molecule has 0 unspecified atom stereocenters. The number of hydrogen-bond donors (Lipinski definition) is 0. The molecular formula is C32H69FNO3S+. The van der Waals surface area contributed by atoms with E-state index < -0.39 is 10.1 Å². The lowest BCUT2D eigenvalue weighted by molar-refractivity contribution is -0.921. The average molecular weight is 567 g/mol. The monoisotopic (exact) mass is 566 g/mol. The zero-order valence-corrected chi connectivity index (χ0v) is 27.4. The van der Waals surface area contributed by atoms with Crippen LogP contribution in [0, 0.1) is 0 Å². The van der Waals surface area contributed by atoms with E-state index in [9.17, 15) is 12.8 Å². The third-order valence-corrected chi connectivity index (χ3v) is 9.54. The van der Waals surface area contributed by atoms with Gasteiger partial charge in [0.1, 0.15) is 0 Å². The maximum atomic E-state index is 12.0. The first-order chi connectivity index (χ1) is 18.4. The lowest BCUT2D eigenvalue weighted by Gasteiger charge is -2.34. The molecule has 0 aromatic rings. The van der Waals surface area contributed by atoms with E-state index in [1.54, 1.807) is 0 Å². The van der Waals surface area contributed by atoms with Gasteiger partial charge >= 0.3 is 0 Å². The van der Waals surface area contributed by atoms with Gasteiger partial charge < -0.3 is 4.48 Å². The second kappa shape index (κ2) is 29.8. The van der Waals surface area contributed by atoms with Gasteiger partial charge in [0.25, 0.3) is 10.1 Å². The van der Waals surface area contributed by atoms with Crippen molar-refractivity contribution in [2.24, 2.45) is 0 Å². The molecule has 0 radical (unpaired) electrons. The third-order valence-electron chi connectivity index (χ3n) is 8.22. The Kier molecular flexibility index (Phi) is 31.3. The molecule has 0 aliphatic carbocycles. The normalized spacial score (nSPS) is 11.9. The molecule has 0 saturated carbocycles. The quantitative estimate of drug-likeness (QED) is 0.0537. The molecule has 38 heavy (non-hydrogen) atoms. The van der Waals surface area contributed by atoms with Crippen molar-refractivity contribution in [1.82, 2.24) is 0 Å². The maximum absolute atomic E-state index is 12.0. The van der Waals surface area contributed by atoms with Crippen molar-refractivity contribution in [2.45, 2.75) is 163 Å². The standard InChI is InChI=1S/C24H49FO3S.C8H20N/c1-2-3-4-5-6-7-8-9-10-11-12-14-17-20-23-28-29(26,27)24-21-18-15-13-16-19-22-25;1-5-9(6-2,7-3)8-4/h2-24H2,1H3;5-8H2,1-4H3/q;+1. The lowest BCUT2D eigenvalue weighted by Crippen LogP contribution is -2.47. The van der Waals surface area contributed by atoms with Gasteiger partial charge in [-0.15, -0.1) is 0 Å². The summed E-state index contributed by atoms with van der Waals surface area (Å²) in [6.45, 7) is 16.6. The highest BCUT2D eigenvalue weighted by molar-refractivity contribution is 7.86. The average Bonchev–Trinajstić information content (AvgIpc) is 2.92. The van der Waals surface area contributed by atoms with E-state index in [4.69, 9.17) is 4.18 Å². The summed E-state index contributed by atoms with van der Waals surface area (Å²) >= 11 is 0. The molecule has 0 bridgehead atoms. The first kappa shape index (κ1) is 39.9. The van der Waals surface area contributed by atoms with Gasteiger partial charge in [0, 0.05) is 0 Å². The molecule has 0 spiro atoms. The zero-order valence-electron chi connectivity index (χ0n) is 26.6. The molecule has 0 aromatic heterocycles. The fourth-order valence-corrected chi connectivity index (χ4v) is 6.01. The van der Waals surface area contributed by atoms with Crippen molar-refractivity contribution >= 4 is 10.1 Å². The molecule has 0 aliphatic rings. The van der Waals surface area contributed by atoms with E-state index in [-0.39, 0.29) is 12.4 Å². The minimum absolute atomic E-state index is 0.120. The van der Waals surface area contributed by atoms with Crippen molar-refractivity contribution in [3.63, 3.8) is 0 Å². The fourth-order valence-electron chi connectivity index (χ4n) is 4.96. The Balaban J connectivity index is 0. The van der Waals surface area contributed by atoms with Gasteiger partial charge in [0.2, 0.25) is 0 Å². The van der Waals surface area contributed by atoms with Gasteiger partial charge in [0.15, 0.2) is 0 Å². The molecule has 232 valence electrons. The largest absolute Gasteiger partial charge is 0.325 e. The fraction of sp³-hybridized carbons (Fsp3) is 1.00. The number of nitrogens with zero attached hydrogens (tertiary/aromatic N) is 1. The van der Waals surface area contributed by atoms with Crippen LogP contribution in [0.5, 0.6) is 0 Å². The molecule has 0 saturated heterocycles. The van der Waals surface area contributed by atoms with Crippen LogP contribution >= 0.6 is 0 Å². The molecule has 0 rings (SSSR count). The minimum atomic E-state index is -3.36. The van der Waals surface area contributed by atoms with Crippen LogP contribution in [-0.2, 0) is 14.3 Å². The first-order valence-corrected chi connectivity index (χ1v) is 18.2. The van der Waals surface area contributed by atoms with Crippen LogP contribution in [0.2, 0.25) is 0 Å². The molecule has 0 N–H and O–H groups in total. The molecule has 0 aromatic carbocycles. The number of alkyl halides is 1. The summed E-state index contributed by atoms with van der Waals surface area (Å²) in [5, 5.41) is 0. The Bertz CT molecular complexity index is 535. The van der Waals surface area contributed by atoms with Gasteiger partial charge in [-0.3, -0.25) is 8.57 Å². The summed E-state index contributed by atoms with van der Waals surface area (Å²) in [6, 6.07) is 0. The number of rotatable bonds is 28. The second-order valence-corrected chi connectivity index (χ2v) is 12.9. The Hall–Kier alpha value is -0.200. The summed E-state index contributed by atoms with van der Waals surface area (Å²) in [4.78, 5) is 0. The molecule has 4 nitrogen and oxygen atoms in total. The third kappa shape index (κ3) is 27.4. The molecule has 0 aliphatic heterocycles. The Labute approximate surface area is 239 Å². The number of halogens is 1. The van der Waals surface area contributed by atoms with E-state index in [0.29, 0.717) is 19.4 Å². The summed E-state index contributed by atoms with van der Waals surface area (Å²) in [6.07, 6.45) is 23.1. The highest BCUT2D eigenvalue weighted by Gasteiger charge is 2.16. The van der Waals surface area contributed by atoms with Crippen LogP contribution in [0.25, 0.3) is 0 Å². The topological polar surface area (TPSA) is 43.4 Å². The van der Waals surface area contributed by atoms with Crippen molar-refractivity contribution in [1.29, 1.82) is 0 Å². The number of hydrogen-bond acceptors (Lipinski definition) is 3. The van der Waals surface area contributed by atoms with Gasteiger partial charge in [-0.2, -0.15) is 8.42 Å². The van der Waals surface area contributed by atoms with Crippen LogP contribution in [0.3, 0.4) is 0 Å². The summed E-state index contributed by atoms with van der Waals surface area (Å²) in [5.74, 6) is 0.120. The highest BCUT2D eigenvalue weighted by Crippen LogP contribution is 2.13. The van der Waals surface area contributed by atoms with Gasteiger partial charge in [-0.1, -0.05) is 116 Å². The van der Waals surface area contributed by atoms with Crippen LogP contribution in [0.15, 0.2) is 0 Å². The molecule has 0 fully saturated rings. The molecule has 0 amide bonds. The lowest BCUT2D eigenvalue weighted by atomic mass is 10.0. The van der Waals surface area contributed by atoms with E-state index in [2.05, 4.69) is 34.6 Å². The molecule has 0 atom stereocenters. The van der Waals surface area contributed by atoms with Gasteiger partial charge in [-0.25, -0.2) is 0 Å². The van der Waals surface area contributed by atoms with Crippen molar-refractivity contribution < 1.29 is 21.5 Å². The van der Waals surface area contributed by atoms with Crippen LogP contribution in [-0.4, -0.2) is 58.1 Å². The van der Waals surface area contributed by atoms with E-state index >= 15 is 0 Å². The second-order valence-electron chi connectivity index (χ2n) is 11.1. The van der Waals surface area contributed by atoms with E-state index in [0.717, 1.165) is 38.5 Å². The SMILES string of the molecule is CCCCCCCCCCCCCCCCOS(=O)(=O)CCCCCCCCF.CC[N+](CC)(CC)CC. The maximum Gasteiger partial charge on any atom is 0.267 e. The highest BCUT2D eigenvalue weighted by atomic mass is 32.2. The molecule has 0 heterocycles. The smallest absolute Gasteiger partial charge is 0.267 e. The van der Waals surface area contributed by atoms with Gasteiger partial charge in [0.05, 0.1) is 45.2 Å². The van der Waals surface area contributed by atoms with Crippen LogP contribution in [0.1, 0.15) is 163 Å². The Morgan fingerprint density at radius 1 is 0.500 bits per heavy atom. The Morgan fingerprint density at radius 3 is 1.18 bits per heavy atom. The van der Waals surface area contributed by atoms with E-state index in [1.165, 1.54) is 108 Å². The summed E-state index contributed by atoms with van der Waals surface area (Å²) < 4.78 is 42.0. The summed E-state index contributed by atoms with van der Waals surface area (Å²) in [5.41, 5.74) is 0. The number of quaternary nitrogens is 1. The Morgan fingerprint density at radius 2 is 0.842 bits per heavy atom. The van der Waals surface area contributed by atoms with Crippen LogP contribution in [0.4, 0.5) is 4.39 Å². The number of unbranched alkanes of at least 4 members (excludes halogenated alkanes) is 18. The first-order valence-electron chi connectivity index (χ1n) is 16.6. The van der Waals surface area contributed by atoms with Gasteiger partial charge in [-0.05, 0) is 47.0 Å².